The zero-order valence-corrected chi connectivity index (χ0v) is 14.1. The van der Waals surface area contributed by atoms with Gasteiger partial charge in [-0.25, -0.2) is 13.2 Å². The number of rotatable bonds is 5. The fourth-order valence-corrected chi connectivity index (χ4v) is 2.51. The van der Waals surface area contributed by atoms with E-state index in [-0.39, 0.29) is 28.0 Å². The molecule has 1 N–H and O–H groups in total. The van der Waals surface area contributed by atoms with E-state index < -0.39 is 28.3 Å². The van der Waals surface area contributed by atoms with E-state index in [2.05, 4.69) is 5.32 Å². The number of nitrogens with one attached hydrogen (secondary N) is 1. The molecular formula is C14H14ClNO7S. The first-order valence-electron chi connectivity index (χ1n) is 6.68. The second kappa shape index (κ2) is 7.54. The van der Waals surface area contributed by atoms with E-state index in [1.807, 2.05) is 0 Å². The minimum absolute atomic E-state index is 0.00268. The first kappa shape index (κ1) is 18.1. The summed E-state index contributed by atoms with van der Waals surface area (Å²) in [6, 6.07) is 3.88. The van der Waals surface area contributed by atoms with Crippen LogP contribution in [-0.2, 0) is 33.6 Å². The van der Waals surface area contributed by atoms with Gasteiger partial charge in [-0.1, -0.05) is 11.6 Å². The molecule has 0 unspecified atom stereocenters. The Balaban J connectivity index is 1.97. The SMILES string of the molecule is CS(=O)(=O)c1ccc(Cl)c(NC(=O)COC(=O)C2=COCCO2)c1. The van der Waals surface area contributed by atoms with E-state index in [0.29, 0.717) is 6.61 Å². The van der Waals surface area contributed by atoms with Crippen LogP contribution in [0.2, 0.25) is 5.02 Å². The first-order chi connectivity index (χ1) is 11.3. The number of hydrogen-bond acceptors (Lipinski definition) is 7. The average molecular weight is 376 g/mol. The Kier molecular flexibility index (Phi) is 5.68. The van der Waals surface area contributed by atoms with E-state index >= 15 is 0 Å². The van der Waals surface area contributed by atoms with Gasteiger partial charge in [-0.2, -0.15) is 0 Å². The van der Waals surface area contributed by atoms with E-state index in [1.165, 1.54) is 18.2 Å². The van der Waals surface area contributed by atoms with Gasteiger partial charge in [0.05, 0.1) is 15.6 Å². The molecule has 2 rings (SSSR count). The summed E-state index contributed by atoms with van der Waals surface area (Å²) in [6.45, 7) is -0.0631. The molecule has 0 aliphatic carbocycles. The molecule has 8 nitrogen and oxygen atoms in total. The van der Waals surface area contributed by atoms with Crippen LogP contribution in [0.1, 0.15) is 0 Å². The quantitative estimate of drug-likeness (QED) is 0.768. The van der Waals surface area contributed by atoms with E-state index in [9.17, 15) is 18.0 Å². The lowest BCUT2D eigenvalue weighted by atomic mass is 10.3. The molecule has 0 fully saturated rings. The molecule has 0 radical (unpaired) electrons. The fraction of sp³-hybridized carbons (Fsp3) is 0.286. The van der Waals surface area contributed by atoms with Gasteiger partial charge in [0.25, 0.3) is 5.91 Å². The van der Waals surface area contributed by atoms with Gasteiger partial charge in [0.1, 0.15) is 19.5 Å². The van der Waals surface area contributed by atoms with E-state index in [1.54, 1.807) is 0 Å². The van der Waals surface area contributed by atoms with Gasteiger partial charge in [0, 0.05) is 6.26 Å². The van der Waals surface area contributed by atoms with Crippen molar-refractivity contribution in [1.29, 1.82) is 0 Å². The Morgan fingerprint density at radius 3 is 2.71 bits per heavy atom. The molecule has 1 aromatic rings. The van der Waals surface area contributed by atoms with Crippen molar-refractivity contribution in [1.82, 2.24) is 0 Å². The third-order valence-corrected chi connectivity index (χ3v) is 4.26. The lowest BCUT2D eigenvalue weighted by Gasteiger charge is -2.14. The minimum Gasteiger partial charge on any atom is -0.493 e. The number of carbonyl (C=O) groups excluding carboxylic acids is 2. The lowest BCUT2D eigenvalue weighted by molar-refractivity contribution is -0.148. The van der Waals surface area contributed by atoms with Gasteiger partial charge in [0.15, 0.2) is 16.4 Å². The molecule has 0 saturated carbocycles. The molecule has 1 aromatic carbocycles. The molecule has 1 heterocycles. The summed E-state index contributed by atoms with van der Waals surface area (Å²) in [6.07, 6.45) is 2.14. The molecule has 0 bridgehead atoms. The van der Waals surface area contributed by atoms with Crippen LogP contribution in [0.15, 0.2) is 35.1 Å². The maximum Gasteiger partial charge on any atom is 0.377 e. The van der Waals surface area contributed by atoms with Crippen molar-refractivity contribution >= 4 is 39.0 Å². The minimum atomic E-state index is -3.45. The highest BCUT2D eigenvalue weighted by atomic mass is 35.5. The van der Waals surface area contributed by atoms with Crippen LogP contribution in [0.3, 0.4) is 0 Å². The predicted molar refractivity (Wildman–Crippen MR) is 84.1 cm³/mol. The molecular weight excluding hydrogens is 362 g/mol. The molecule has 0 aromatic heterocycles. The molecule has 0 saturated heterocycles. The zero-order chi connectivity index (χ0) is 17.7. The van der Waals surface area contributed by atoms with Crippen molar-refractivity contribution in [3.63, 3.8) is 0 Å². The monoisotopic (exact) mass is 375 g/mol. The van der Waals surface area contributed by atoms with Gasteiger partial charge >= 0.3 is 5.97 Å². The second-order valence-electron chi connectivity index (χ2n) is 4.74. The molecule has 1 aliphatic heterocycles. The van der Waals surface area contributed by atoms with Gasteiger partial charge in [0.2, 0.25) is 5.76 Å². The molecule has 1 aliphatic rings. The average Bonchev–Trinajstić information content (AvgIpc) is 2.54. The number of esters is 1. The second-order valence-corrected chi connectivity index (χ2v) is 7.16. The summed E-state index contributed by atoms with van der Waals surface area (Å²) in [5.41, 5.74) is 0.0945. The maximum absolute atomic E-state index is 11.8. The Bertz CT molecular complexity index is 788. The molecule has 0 atom stereocenters. The van der Waals surface area contributed by atoms with Crippen molar-refractivity contribution < 1.29 is 32.2 Å². The van der Waals surface area contributed by atoms with Crippen LogP contribution in [0.25, 0.3) is 0 Å². The van der Waals surface area contributed by atoms with E-state index in [0.717, 1.165) is 12.5 Å². The maximum atomic E-state index is 11.8. The lowest BCUT2D eigenvalue weighted by Crippen LogP contribution is -2.24. The number of anilines is 1. The Labute approximate surface area is 143 Å². The summed E-state index contributed by atoms with van der Waals surface area (Å²) in [5, 5.41) is 2.52. The smallest absolute Gasteiger partial charge is 0.377 e. The van der Waals surface area contributed by atoms with Crippen LogP contribution < -0.4 is 5.32 Å². The van der Waals surface area contributed by atoms with Crippen molar-refractivity contribution in [2.75, 3.05) is 31.4 Å². The molecule has 130 valence electrons. The third-order valence-electron chi connectivity index (χ3n) is 2.82. The van der Waals surface area contributed by atoms with Crippen LogP contribution in [0, 0.1) is 0 Å². The largest absolute Gasteiger partial charge is 0.493 e. The van der Waals surface area contributed by atoms with Gasteiger partial charge in [-0.3, -0.25) is 4.79 Å². The number of ether oxygens (including phenoxy) is 3. The standard InChI is InChI=1S/C14H14ClNO7S/c1-24(19,20)9-2-3-10(15)11(6-9)16-13(17)8-23-14(18)12-7-21-4-5-22-12/h2-3,6-7H,4-5,8H2,1H3,(H,16,17). The first-order valence-corrected chi connectivity index (χ1v) is 8.95. The Morgan fingerprint density at radius 1 is 1.33 bits per heavy atom. The highest BCUT2D eigenvalue weighted by Gasteiger charge is 2.18. The molecule has 24 heavy (non-hydrogen) atoms. The number of carbonyl (C=O) groups is 2. The molecule has 0 spiro atoms. The highest BCUT2D eigenvalue weighted by Crippen LogP contribution is 2.25. The molecule has 1 amide bonds. The summed E-state index contributed by atoms with van der Waals surface area (Å²) < 4.78 is 37.7. The summed E-state index contributed by atoms with van der Waals surface area (Å²) in [7, 11) is -3.45. The third kappa shape index (κ3) is 4.87. The summed E-state index contributed by atoms with van der Waals surface area (Å²) in [5.74, 6) is -1.67. The normalized spacial score (nSPS) is 14.0. The number of sulfone groups is 1. The number of halogens is 1. The van der Waals surface area contributed by atoms with Gasteiger partial charge in [-0.05, 0) is 18.2 Å². The summed E-state index contributed by atoms with van der Waals surface area (Å²) >= 11 is 5.91. The van der Waals surface area contributed by atoms with Crippen molar-refractivity contribution in [2.45, 2.75) is 4.90 Å². The van der Waals surface area contributed by atoms with E-state index in [4.69, 9.17) is 25.8 Å². The van der Waals surface area contributed by atoms with Gasteiger partial charge < -0.3 is 19.5 Å². The Morgan fingerprint density at radius 2 is 2.08 bits per heavy atom. The van der Waals surface area contributed by atoms with Crippen LogP contribution in [-0.4, -0.2) is 46.4 Å². The van der Waals surface area contributed by atoms with Crippen molar-refractivity contribution in [3.05, 3.63) is 35.2 Å². The number of amides is 1. The van der Waals surface area contributed by atoms with Crippen LogP contribution >= 0.6 is 11.6 Å². The van der Waals surface area contributed by atoms with Crippen LogP contribution in [0.5, 0.6) is 0 Å². The zero-order valence-electron chi connectivity index (χ0n) is 12.6. The van der Waals surface area contributed by atoms with Crippen molar-refractivity contribution in [2.24, 2.45) is 0 Å². The van der Waals surface area contributed by atoms with Crippen molar-refractivity contribution in [3.8, 4) is 0 Å². The van der Waals surface area contributed by atoms with Crippen LogP contribution in [0.4, 0.5) is 5.69 Å². The number of benzene rings is 1. The topological polar surface area (TPSA) is 108 Å². The predicted octanol–water partition coefficient (Wildman–Crippen LogP) is 1.11. The van der Waals surface area contributed by atoms with Gasteiger partial charge in [-0.15, -0.1) is 0 Å². The molecule has 10 heteroatoms. The Hall–Kier alpha value is -2.26. The summed E-state index contributed by atoms with van der Waals surface area (Å²) in [4.78, 5) is 23.4. The number of hydrogen-bond donors (Lipinski definition) is 1. The highest BCUT2D eigenvalue weighted by molar-refractivity contribution is 7.90. The fourth-order valence-electron chi connectivity index (χ4n) is 1.69.